The molecule has 1 aliphatic carbocycles. The smallest absolute Gasteiger partial charge is 0.335 e. The Morgan fingerprint density at radius 3 is 2.64 bits per heavy atom. The van der Waals surface area contributed by atoms with Crippen LogP contribution in [0.1, 0.15) is 38.7 Å². The second kappa shape index (κ2) is 6.58. The molecule has 0 bridgehead atoms. The number of hydrogen-bond acceptors (Lipinski definition) is 1. The van der Waals surface area contributed by atoms with E-state index in [1.165, 1.54) is 12.1 Å². The molecule has 0 spiro atoms. The Hall–Kier alpha value is -1.72. The third-order valence-electron chi connectivity index (χ3n) is 4.47. The molecule has 0 unspecified atom stereocenters. The van der Waals surface area contributed by atoms with Crippen LogP contribution in [0.4, 0.5) is 23.7 Å². The van der Waals surface area contributed by atoms with Gasteiger partial charge in [-0.2, -0.15) is 13.2 Å². The van der Waals surface area contributed by atoms with Crippen molar-refractivity contribution in [1.29, 1.82) is 0 Å². The minimum absolute atomic E-state index is 0.0644. The van der Waals surface area contributed by atoms with Crippen molar-refractivity contribution in [2.75, 3.05) is 5.32 Å². The van der Waals surface area contributed by atoms with Gasteiger partial charge in [0.15, 0.2) is 0 Å². The molecule has 122 valence electrons. The molecule has 0 radical (unpaired) electrons. The van der Waals surface area contributed by atoms with Gasteiger partial charge in [0.1, 0.15) is 0 Å². The normalized spacial score (nSPS) is 25.6. The summed E-state index contributed by atoms with van der Waals surface area (Å²) in [7, 11) is 0. The first kappa shape index (κ1) is 16.6. The maximum atomic E-state index is 12.6. The third kappa shape index (κ3) is 4.15. The molecule has 3 nitrogen and oxygen atoms in total. The fourth-order valence-corrected chi connectivity index (χ4v) is 2.89. The molecule has 3 atom stereocenters. The summed E-state index contributed by atoms with van der Waals surface area (Å²) >= 11 is 0. The van der Waals surface area contributed by atoms with E-state index in [2.05, 4.69) is 24.5 Å². The number of alkyl halides is 3. The van der Waals surface area contributed by atoms with Gasteiger partial charge >= 0.3 is 12.2 Å². The highest BCUT2D eigenvalue weighted by Gasteiger charge is 2.31. The van der Waals surface area contributed by atoms with Gasteiger partial charge < -0.3 is 10.6 Å². The van der Waals surface area contributed by atoms with Crippen molar-refractivity contribution in [1.82, 2.24) is 5.32 Å². The highest BCUT2D eigenvalue weighted by atomic mass is 19.4. The van der Waals surface area contributed by atoms with E-state index in [9.17, 15) is 18.0 Å². The van der Waals surface area contributed by atoms with E-state index in [0.29, 0.717) is 11.8 Å². The van der Waals surface area contributed by atoms with Crippen LogP contribution in [0.2, 0.25) is 0 Å². The molecule has 0 aromatic heterocycles. The lowest BCUT2D eigenvalue weighted by molar-refractivity contribution is -0.137. The van der Waals surface area contributed by atoms with Crippen molar-refractivity contribution in [2.45, 2.75) is 45.3 Å². The van der Waals surface area contributed by atoms with E-state index < -0.39 is 17.8 Å². The van der Waals surface area contributed by atoms with E-state index in [0.717, 1.165) is 31.4 Å². The van der Waals surface area contributed by atoms with Crippen LogP contribution in [0.25, 0.3) is 0 Å². The van der Waals surface area contributed by atoms with Gasteiger partial charge in [0.05, 0.1) is 5.56 Å². The first-order valence-electron chi connectivity index (χ1n) is 7.52. The lowest BCUT2D eigenvalue weighted by atomic mass is 9.78. The van der Waals surface area contributed by atoms with Gasteiger partial charge in [-0.05, 0) is 36.5 Å². The minimum atomic E-state index is -4.42. The highest BCUT2D eigenvalue weighted by molar-refractivity contribution is 5.89. The highest BCUT2D eigenvalue weighted by Crippen LogP contribution is 2.31. The number of carbonyl (C=O) groups is 1. The van der Waals surface area contributed by atoms with Crippen molar-refractivity contribution >= 4 is 11.7 Å². The van der Waals surface area contributed by atoms with Crippen LogP contribution >= 0.6 is 0 Å². The number of amides is 2. The zero-order chi connectivity index (χ0) is 16.3. The zero-order valence-electron chi connectivity index (χ0n) is 12.7. The summed E-state index contributed by atoms with van der Waals surface area (Å²) < 4.78 is 37.9. The average Bonchev–Trinajstić information content (AvgIpc) is 2.43. The number of benzene rings is 1. The lowest BCUT2D eigenvalue weighted by Crippen LogP contribution is -2.45. The fraction of sp³-hybridized carbons (Fsp3) is 0.562. The summed E-state index contributed by atoms with van der Waals surface area (Å²) in [6.07, 6.45) is -1.31. The predicted octanol–water partition coefficient (Wildman–Crippen LogP) is 4.65. The summed E-state index contributed by atoms with van der Waals surface area (Å²) in [5.41, 5.74) is -0.631. The second-order valence-electron chi connectivity index (χ2n) is 6.05. The number of anilines is 1. The van der Waals surface area contributed by atoms with Crippen molar-refractivity contribution < 1.29 is 18.0 Å². The summed E-state index contributed by atoms with van der Waals surface area (Å²) in [6.45, 7) is 4.25. The van der Waals surface area contributed by atoms with Gasteiger partial charge in [-0.3, -0.25) is 0 Å². The molecule has 6 heteroatoms. The topological polar surface area (TPSA) is 41.1 Å². The molecule has 2 amide bonds. The van der Waals surface area contributed by atoms with Crippen LogP contribution < -0.4 is 10.6 Å². The third-order valence-corrected chi connectivity index (χ3v) is 4.47. The maximum absolute atomic E-state index is 12.6. The van der Waals surface area contributed by atoms with Crippen LogP contribution in [0, 0.1) is 11.8 Å². The SMILES string of the molecule is C[C@@H]1[C@H](C)CCC[C@@H]1NC(=O)Nc1cccc(C(F)(F)F)c1. The molecule has 0 heterocycles. The molecule has 2 N–H and O–H groups in total. The average molecular weight is 314 g/mol. The summed E-state index contributed by atoms with van der Waals surface area (Å²) in [5, 5.41) is 5.36. The second-order valence-corrected chi connectivity index (χ2v) is 6.05. The van der Waals surface area contributed by atoms with E-state index in [1.54, 1.807) is 0 Å². The Morgan fingerprint density at radius 2 is 1.95 bits per heavy atom. The maximum Gasteiger partial charge on any atom is 0.416 e. The van der Waals surface area contributed by atoms with E-state index in [4.69, 9.17) is 0 Å². The summed E-state index contributed by atoms with van der Waals surface area (Å²) in [6, 6.07) is 4.26. The predicted molar refractivity (Wildman–Crippen MR) is 79.6 cm³/mol. The quantitative estimate of drug-likeness (QED) is 0.819. The Bertz CT molecular complexity index is 530. The molecule has 1 aliphatic rings. The van der Waals surface area contributed by atoms with Crippen molar-refractivity contribution in [3.05, 3.63) is 29.8 Å². The van der Waals surface area contributed by atoms with Gasteiger partial charge in [-0.25, -0.2) is 4.79 Å². The van der Waals surface area contributed by atoms with Crippen LogP contribution in [0.15, 0.2) is 24.3 Å². The van der Waals surface area contributed by atoms with Crippen molar-refractivity contribution in [3.63, 3.8) is 0 Å². The van der Waals surface area contributed by atoms with Gasteiger partial charge in [0.25, 0.3) is 0 Å². The van der Waals surface area contributed by atoms with Crippen LogP contribution in [-0.4, -0.2) is 12.1 Å². The monoisotopic (exact) mass is 314 g/mol. The molecule has 0 saturated heterocycles. The number of hydrogen-bond donors (Lipinski definition) is 2. The Labute approximate surface area is 128 Å². The first-order chi connectivity index (χ1) is 10.3. The molecule has 1 aromatic carbocycles. The number of nitrogens with one attached hydrogen (secondary N) is 2. The Balaban J connectivity index is 1.97. The van der Waals surface area contributed by atoms with E-state index in [1.807, 2.05) is 0 Å². The number of halogens is 3. The van der Waals surface area contributed by atoms with Gasteiger partial charge in [0.2, 0.25) is 0 Å². The Morgan fingerprint density at radius 1 is 1.23 bits per heavy atom. The van der Waals surface area contributed by atoms with Crippen molar-refractivity contribution in [3.8, 4) is 0 Å². The lowest BCUT2D eigenvalue weighted by Gasteiger charge is -2.34. The van der Waals surface area contributed by atoms with Gasteiger partial charge in [-0.15, -0.1) is 0 Å². The van der Waals surface area contributed by atoms with Crippen LogP contribution in [-0.2, 0) is 6.18 Å². The molecular formula is C16H21F3N2O. The molecule has 1 fully saturated rings. The summed E-state index contributed by atoms with van der Waals surface area (Å²) in [4.78, 5) is 12.0. The fourth-order valence-electron chi connectivity index (χ4n) is 2.89. The molecule has 0 aliphatic heterocycles. The Kier molecular flexibility index (Phi) is 4.98. The molecule has 1 saturated carbocycles. The van der Waals surface area contributed by atoms with E-state index in [-0.39, 0.29) is 11.7 Å². The number of urea groups is 1. The number of rotatable bonds is 2. The van der Waals surface area contributed by atoms with E-state index >= 15 is 0 Å². The van der Waals surface area contributed by atoms with Gasteiger partial charge in [0, 0.05) is 11.7 Å². The van der Waals surface area contributed by atoms with Crippen LogP contribution in [0.5, 0.6) is 0 Å². The molecule has 2 rings (SSSR count). The molecule has 1 aromatic rings. The minimum Gasteiger partial charge on any atom is -0.335 e. The first-order valence-corrected chi connectivity index (χ1v) is 7.52. The molecular weight excluding hydrogens is 293 g/mol. The zero-order valence-corrected chi connectivity index (χ0v) is 12.7. The van der Waals surface area contributed by atoms with Crippen molar-refractivity contribution in [2.24, 2.45) is 11.8 Å². The standard InChI is InChI=1S/C16H21F3N2O/c1-10-5-3-8-14(11(10)2)21-15(22)20-13-7-4-6-12(9-13)16(17,18)19/h4,6-7,9-11,14H,3,5,8H2,1-2H3,(H2,20,21,22)/t10-,11-,14+/m1/s1. The summed E-state index contributed by atoms with van der Waals surface area (Å²) in [5.74, 6) is 0.897. The van der Waals surface area contributed by atoms with Crippen LogP contribution in [0.3, 0.4) is 0 Å². The largest absolute Gasteiger partial charge is 0.416 e. The van der Waals surface area contributed by atoms with Gasteiger partial charge in [-0.1, -0.05) is 32.8 Å². The molecule has 22 heavy (non-hydrogen) atoms. The number of carbonyl (C=O) groups excluding carboxylic acids is 1.